The fraction of sp³-hybridized carbons (Fsp3) is 0.250. The average Bonchev–Trinajstić information content (AvgIpc) is 2.27. The number of hydrogen-bond acceptors (Lipinski definition) is 2. The minimum Gasteiger partial charge on any atom is -0.496 e. The number of hydrogen-bond donors (Lipinski definition) is 1. The van der Waals surface area contributed by atoms with Gasteiger partial charge in [-0.15, -0.1) is 0 Å². The molecule has 0 aliphatic rings. The number of carboxylic acids is 1. The highest BCUT2D eigenvalue weighted by Crippen LogP contribution is 2.36. The minimum absolute atomic E-state index is 0.0479. The fourth-order valence-corrected chi connectivity index (χ4v) is 1.35. The van der Waals surface area contributed by atoms with E-state index in [9.17, 15) is 18.0 Å². The first kappa shape index (κ1) is 14.1. The lowest BCUT2D eigenvalue weighted by atomic mass is 10.1. The second-order valence-electron chi connectivity index (χ2n) is 3.59. The molecule has 3 nitrogen and oxygen atoms in total. The van der Waals surface area contributed by atoms with Crippen LogP contribution in [0.2, 0.25) is 0 Å². The molecule has 0 aliphatic carbocycles. The molecule has 0 bridgehead atoms. The van der Waals surface area contributed by atoms with E-state index in [1.165, 1.54) is 13.0 Å². The van der Waals surface area contributed by atoms with Crippen LogP contribution in [0.25, 0.3) is 6.08 Å². The molecule has 0 aromatic heterocycles. The topological polar surface area (TPSA) is 46.5 Å². The second-order valence-corrected chi connectivity index (χ2v) is 3.59. The van der Waals surface area contributed by atoms with Crippen LogP contribution in [0.1, 0.15) is 18.1 Å². The predicted molar refractivity (Wildman–Crippen MR) is 59.3 cm³/mol. The molecule has 1 aromatic rings. The van der Waals surface area contributed by atoms with Crippen molar-refractivity contribution < 1.29 is 27.8 Å². The minimum atomic E-state index is -4.55. The van der Waals surface area contributed by atoms with E-state index in [1.54, 1.807) is 0 Å². The lowest BCUT2D eigenvalue weighted by Crippen LogP contribution is -2.07. The maximum atomic E-state index is 12.7. The number of alkyl halides is 3. The van der Waals surface area contributed by atoms with Crippen LogP contribution in [0.5, 0.6) is 5.75 Å². The number of carbonyl (C=O) groups is 1. The van der Waals surface area contributed by atoms with E-state index in [1.807, 2.05) is 0 Å². The van der Waals surface area contributed by atoms with Gasteiger partial charge in [0.15, 0.2) is 0 Å². The van der Waals surface area contributed by atoms with E-state index >= 15 is 0 Å². The highest BCUT2D eigenvalue weighted by Gasteiger charge is 2.34. The van der Waals surface area contributed by atoms with Gasteiger partial charge in [-0.05, 0) is 30.7 Å². The number of rotatable bonds is 3. The number of halogens is 3. The Labute approximate surface area is 101 Å². The molecule has 0 radical (unpaired) electrons. The Morgan fingerprint density at radius 3 is 2.44 bits per heavy atom. The number of benzene rings is 1. The van der Waals surface area contributed by atoms with Crippen LogP contribution in [0.3, 0.4) is 0 Å². The average molecular weight is 260 g/mol. The van der Waals surface area contributed by atoms with E-state index in [4.69, 9.17) is 5.11 Å². The molecule has 0 spiro atoms. The summed E-state index contributed by atoms with van der Waals surface area (Å²) in [5, 5.41) is 8.66. The fourth-order valence-electron chi connectivity index (χ4n) is 1.35. The quantitative estimate of drug-likeness (QED) is 0.849. The van der Waals surface area contributed by atoms with E-state index in [2.05, 4.69) is 4.74 Å². The number of aliphatic carboxylic acids is 1. The van der Waals surface area contributed by atoms with Gasteiger partial charge >= 0.3 is 12.1 Å². The number of ether oxygens (including phenoxy) is 1. The smallest absolute Gasteiger partial charge is 0.419 e. The van der Waals surface area contributed by atoms with Crippen LogP contribution < -0.4 is 4.74 Å². The molecule has 0 atom stereocenters. The molecule has 0 unspecified atom stereocenters. The molecule has 0 heterocycles. The normalized spacial score (nSPS) is 12.4. The van der Waals surface area contributed by atoms with Crippen LogP contribution in [-0.2, 0) is 11.0 Å². The third-order valence-electron chi connectivity index (χ3n) is 2.25. The molecule has 1 N–H and O–H groups in total. The molecule has 0 fully saturated rings. The largest absolute Gasteiger partial charge is 0.496 e. The Balaban J connectivity index is 3.28. The van der Waals surface area contributed by atoms with Gasteiger partial charge in [0.25, 0.3) is 0 Å². The summed E-state index contributed by atoms with van der Waals surface area (Å²) in [5.74, 6) is -1.48. The number of methoxy groups -OCH3 is 1. The summed E-state index contributed by atoms with van der Waals surface area (Å²) < 4.78 is 42.7. The van der Waals surface area contributed by atoms with Gasteiger partial charge < -0.3 is 9.84 Å². The van der Waals surface area contributed by atoms with Crippen molar-refractivity contribution in [1.82, 2.24) is 0 Å². The van der Waals surface area contributed by atoms with E-state index in [0.717, 1.165) is 25.3 Å². The number of carboxylic acid groups (broad SMARTS) is 1. The molecule has 1 rings (SSSR count). The van der Waals surface area contributed by atoms with Gasteiger partial charge in [0.1, 0.15) is 5.75 Å². The zero-order valence-corrected chi connectivity index (χ0v) is 9.71. The van der Waals surface area contributed by atoms with Crippen molar-refractivity contribution in [2.24, 2.45) is 0 Å². The van der Waals surface area contributed by atoms with Crippen molar-refractivity contribution in [2.45, 2.75) is 13.1 Å². The lowest BCUT2D eigenvalue weighted by molar-refractivity contribution is -0.138. The predicted octanol–water partition coefficient (Wildman–Crippen LogP) is 3.20. The molecule has 0 saturated heterocycles. The standard InChI is InChI=1S/C12H11F3O3/c1-7(11(16)17)5-8-3-4-10(18-2)9(6-8)12(13,14)15/h3-6H,1-2H3,(H,16,17)/b7-5+. The highest BCUT2D eigenvalue weighted by molar-refractivity contribution is 5.91. The summed E-state index contributed by atoms with van der Waals surface area (Å²) in [7, 11) is 1.14. The first-order valence-corrected chi connectivity index (χ1v) is 4.92. The lowest BCUT2D eigenvalue weighted by Gasteiger charge is -2.12. The third-order valence-corrected chi connectivity index (χ3v) is 2.25. The van der Waals surface area contributed by atoms with Crippen molar-refractivity contribution in [1.29, 1.82) is 0 Å². The summed E-state index contributed by atoms with van der Waals surface area (Å²) in [5.41, 5.74) is -0.826. The van der Waals surface area contributed by atoms with Crippen molar-refractivity contribution in [3.8, 4) is 5.75 Å². The molecule has 18 heavy (non-hydrogen) atoms. The summed E-state index contributed by atoms with van der Waals surface area (Å²) in [6, 6.07) is 3.37. The molecule has 0 amide bonds. The molecular weight excluding hydrogens is 249 g/mol. The Morgan fingerprint density at radius 2 is 2.00 bits per heavy atom. The maximum absolute atomic E-state index is 12.7. The zero-order valence-electron chi connectivity index (χ0n) is 9.71. The zero-order chi connectivity index (χ0) is 13.9. The van der Waals surface area contributed by atoms with Crippen LogP contribution in [0.15, 0.2) is 23.8 Å². The Bertz CT molecular complexity index is 490. The Kier molecular flexibility index (Phi) is 4.00. The van der Waals surface area contributed by atoms with Crippen LogP contribution >= 0.6 is 0 Å². The molecule has 0 aliphatic heterocycles. The van der Waals surface area contributed by atoms with E-state index in [0.29, 0.717) is 0 Å². The van der Waals surface area contributed by atoms with Crippen molar-refractivity contribution in [3.63, 3.8) is 0 Å². The van der Waals surface area contributed by atoms with Gasteiger partial charge in [-0.3, -0.25) is 0 Å². The van der Waals surface area contributed by atoms with Crippen molar-refractivity contribution in [3.05, 3.63) is 34.9 Å². The molecule has 6 heteroatoms. The summed E-state index contributed by atoms with van der Waals surface area (Å²) in [4.78, 5) is 10.6. The second kappa shape index (κ2) is 5.12. The summed E-state index contributed by atoms with van der Waals surface area (Å²) in [6.45, 7) is 1.31. The first-order chi connectivity index (χ1) is 8.25. The van der Waals surface area contributed by atoms with Crippen LogP contribution in [0.4, 0.5) is 13.2 Å². The van der Waals surface area contributed by atoms with Crippen molar-refractivity contribution >= 4 is 12.0 Å². The van der Waals surface area contributed by atoms with E-state index < -0.39 is 17.7 Å². The summed E-state index contributed by atoms with van der Waals surface area (Å²) >= 11 is 0. The maximum Gasteiger partial charge on any atom is 0.419 e. The molecule has 1 aromatic carbocycles. The van der Waals surface area contributed by atoms with Gasteiger partial charge in [0.05, 0.1) is 12.7 Å². The third kappa shape index (κ3) is 3.26. The summed E-state index contributed by atoms with van der Waals surface area (Å²) in [6.07, 6.45) is -3.39. The Morgan fingerprint density at radius 1 is 1.39 bits per heavy atom. The monoisotopic (exact) mass is 260 g/mol. The molecular formula is C12H11F3O3. The van der Waals surface area contributed by atoms with Gasteiger partial charge in [0.2, 0.25) is 0 Å². The van der Waals surface area contributed by atoms with Gasteiger partial charge in [-0.1, -0.05) is 6.07 Å². The molecule has 98 valence electrons. The Hall–Kier alpha value is -1.98. The van der Waals surface area contributed by atoms with Gasteiger partial charge in [0, 0.05) is 5.57 Å². The van der Waals surface area contributed by atoms with Crippen LogP contribution in [-0.4, -0.2) is 18.2 Å². The van der Waals surface area contributed by atoms with E-state index in [-0.39, 0.29) is 16.9 Å². The van der Waals surface area contributed by atoms with Crippen molar-refractivity contribution in [2.75, 3.05) is 7.11 Å². The van der Waals surface area contributed by atoms with Gasteiger partial charge in [-0.25, -0.2) is 4.79 Å². The van der Waals surface area contributed by atoms with Gasteiger partial charge in [-0.2, -0.15) is 13.2 Å². The first-order valence-electron chi connectivity index (χ1n) is 4.92. The highest BCUT2D eigenvalue weighted by atomic mass is 19.4. The van der Waals surface area contributed by atoms with Crippen LogP contribution in [0, 0.1) is 0 Å². The SMILES string of the molecule is COc1ccc(/C=C(\C)C(=O)O)cc1C(F)(F)F. The molecule has 0 saturated carbocycles.